The molecule has 5 heteroatoms. The van der Waals surface area contributed by atoms with Crippen LogP contribution in [-0.4, -0.2) is 44.2 Å². The summed E-state index contributed by atoms with van der Waals surface area (Å²) in [5.41, 5.74) is 1.59. The molecule has 0 unspecified atom stereocenters. The van der Waals surface area contributed by atoms with Crippen LogP contribution in [-0.2, 0) is 16.8 Å². The van der Waals surface area contributed by atoms with Gasteiger partial charge in [-0.2, -0.15) is 0 Å². The molecular weight excluding hydrogens is 352 g/mol. The molecular formula is C23H30N2O3. The van der Waals surface area contributed by atoms with Crippen molar-refractivity contribution >= 4 is 5.91 Å². The summed E-state index contributed by atoms with van der Waals surface area (Å²) in [5, 5.41) is 3.08. The summed E-state index contributed by atoms with van der Waals surface area (Å²) in [6.07, 6.45) is 0.909. The predicted octanol–water partition coefficient (Wildman–Crippen LogP) is 3.37. The topological polar surface area (TPSA) is 50.8 Å². The van der Waals surface area contributed by atoms with Gasteiger partial charge >= 0.3 is 0 Å². The highest BCUT2D eigenvalue weighted by Crippen LogP contribution is 2.35. The molecule has 0 saturated heterocycles. The zero-order valence-corrected chi connectivity index (χ0v) is 17.0. The standard InChI is InChI=1S/C23H30N2O3/c1-23(2,19-10-11-20-21(16-19)28-15-14-27-20)22(26)24-12-7-13-25(3)17-18-8-5-4-6-9-18/h4-6,8-11,16H,7,12-15,17H2,1-3H3,(H,24,26). The summed E-state index contributed by atoms with van der Waals surface area (Å²) < 4.78 is 11.2. The lowest BCUT2D eigenvalue weighted by Crippen LogP contribution is -2.41. The van der Waals surface area contributed by atoms with E-state index in [0.717, 1.165) is 30.8 Å². The Morgan fingerprint density at radius 1 is 1.07 bits per heavy atom. The highest BCUT2D eigenvalue weighted by Gasteiger charge is 2.30. The Morgan fingerprint density at radius 2 is 1.79 bits per heavy atom. The van der Waals surface area contributed by atoms with Gasteiger partial charge in [0.25, 0.3) is 0 Å². The SMILES string of the molecule is CN(CCCNC(=O)C(C)(C)c1ccc2c(c1)OCCO2)Cc1ccccc1. The molecule has 1 N–H and O–H groups in total. The molecule has 0 fully saturated rings. The van der Waals surface area contributed by atoms with Crippen LogP contribution in [0.3, 0.4) is 0 Å². The number of ether oxygens (including phenoxy) is 2. The van der Waals surface area contributed by atoms with E-state index < -0.39 is 5.41 Å². The van der Waals surface area contributed by atoms with E-state index in [0.29, 0.717) is 25.5 Å². The van der Waals surface area contributed by atoms with Gasteiger partial charge in [-0.1, -0.05) is 36.4 Å². The van der Waals surface area contributed by atoms with Crippen molar-refractivity contribution < 1.29 is 14.3 Å². The van der Waals surface area contributed by atoms with Crippen molar-refractivity contribution in [2.45, 2.75) is 32.2 Å². The molecule has 2 aromatic rings. The second-order valence-electron chi connectivity index (χ2n) is 7.82. The molecule has 0 aromatic heterocycles. The summed E-state index contributed by atoms with van der Waals surface area (Å²) in [7, 11) is 2.11. The number of nitrogens with one attached hydrogen (secondary N) is 1. The van der Waals surface area contributed by atoms with Crippen molar-refractivity contribution in [2.24, 2.45) is 0 Å². The maximum atomic E-state index is 12.8. The van der Waals surface area contributed by atoms with Crippen molar-refractivity contribution in [3.63, 3.8) is 0 Å². The number of carbonyl (C=O) groups is 1. The zero-order valence-electron chi connectivity index (χ0n) is 17.0. The van der Waals surface area contributed by atoms with Gasteiger partial charge in [-0.25, -0.2) is 0 Å². The molecule has 1 amide bonds. The second-order valence-corrected chi connectivity index (χ2v) is 7.82. The number of nitrogens with zero attached hydrogens (tertiary/aromatic N) is 1. The molecule has 150 valence electrons. The molecule has 0 saturated carbocycles. The Bertz CT molecular complexity index is 790. The smallest absolute Gasteiger partial charge is 0.230 e. The van der Waals surface area contributed by atoms with Gasteiger partial charge in [-0.3, -0.25) is 4.79 Å². The van der Waals surface area contributed by atoms with Crippen LogP contribution >= 0.6 is 0 Å². The molecule has 3 rings (SSSR count). The maximum Gasteiger partial charge on any atom is 0.230 e. The van der Waals surface area contributed by atoms with Gasteiger partial charge in [0.2, 0.25) is 5.91 Å². The first-order chi connectivity index (χ1) is 13.5. The Hall–Kier alpha value is -2.53. The number of carbonyl (C=O) groups excluding carboxylic acids is 1. The van der Waals surface area contributed by atoms with E-state index >= 15 is 0 Å². The van der Waals surface area contributed by atoms with Gasteiger partial charge in [-0.05, 0) is 57.1 Å². The molecule has 1 aliphatic rings. The lowest BCUT2D eigenvalue weighted by atomic mass is 9.83. The largest absolute Gasteiger partial charge is 0.486 e. The number of benzene rings is 2. The first-order valence-corrected chi connectivity index (χ1v) is 9.88. The van der Waals surface area contributed by atoms with Crippen molar-refractivity contribution in [3.8, 4) is 11.5 Å². The highest BCUT2D eigenvalue weighted by atomic mass is 16.6. The molecule has 0 radical (unpaired) electrons. The fraction of sp³-hybridized carbons (Fsp3) is 0.435. The zero-order chi connectivity index (χ0) is 20.0. The third kappa shape index (κ3) is 5.04. The highest BCUT2D eigenvalue weighted by molar-refractivity contribution is 5.87. The Kier molecular flexibility index (Phi) is 6.57. The van der Waals surface area contributed by atoms with Crippen LogP contribution in [0.5, 0.6) is 11.5 Å². The molecule has 28 heavy (non-hydrogen) atoms. The summed E-state index contributed by atoms with van der Waals surface area (Å²) in [4.78, 5) is 15.0. The quantitative estimate of drug-likeness (QED) is 0.711. The number of rotatable bonds is 8. The fourth-order valence-electron chi connectivity index (χ4n) is 3.31. The van der Waals surface area contributed by atoms with E-state index in [2.05, 4.69) is 41.5 Å². The second kappa shape index (κ2) is 9.11. The minimum absolute atomic E-state index is 0.0230. The van der Waals surface area contributed by atoms with E-state index in [1.54, 1.807) is 0 Å². The monoisotopic (exact) mass is 382 g/mol. The lowest BCUT2D eigenvalue weighted by Gasteiger charge is -2.27. The van der Waals surface area contributed by atoms with Crippen molar-refractivity contribution in [3.05, 3.63) is 59.7 Å². The number of fused-ring (bicyclic) bond motifs is 1. The van der Waals surface area contributed by atoms with Crippen LogP contribution in [0.4, 0.5) is 0 Å². The Morgan fingerprint density at radius 3 is 2.54 bits per heavy atom. The van der Waals surface area contributed by atoms with E-state index in [1.165, 1.54) is 5.56 Å². The molecule has 0 bridgehead atoms. The van der Waals surface area contributed by atoms with Crippen molar-refractivity contribution in [1.82, 2.24) is 10.2 Å². The molecule has 1 aliphatic heterocycles. The number of amides is 1. The van der Waals surface area contributed by atoms with Crippen LogP contribution in [0, 0.1) is 0 Å². The molecule has 0 atom stereocenters. The van der Waals surface area contributed by atoms with Gasteiger partial charge in [0.1, 0.15) is 13.2 Å². The Balaban J connectivity index is 1.47. The first-order valence-electron chi connectivity index (χ1n) is 9.88. The Labute approximate surface area is 167 Å². The predicted molar refractivity (Wildman–Crippen MR) is 111 cm³/mol. The number of hydrogen-bond donors (Lipinski definition) is 1. The third-order valence-electron chi connectivity index (χ3n) is 5.13. The normalized spacial score (nSPS) is 13.4. The van der Waals surface area contributed by atoms with Gasteiger partial charge in [0.05, 0.1) is 5.41 Å². The fourth-order valence-corrected chi connectivity index (χ4v) is 3.31. The van der Waals surface area contributed by atoms with Crippen LogP contribution < -0.4 is 14.8 Å². The minimum atomic E-state index is -0.633. The maximum absolute atomic E-state index is 12.8. The van der Waals surface area contributed by atoms with Crippen LogP contribution in [0.2, 0.25) is 0 Å². The van der Waals surface area contributed by atoms with Crippen molar-refractivity contribution in [1.29, 1.82) is 0 Å². The molecule has 0 spiro atoms. The average molecular weight is 383 g/mol. The number of hydrogen-bond acceptors (Lipinski definition) is 4. The van der Waals surface area contributed by atoms with Gasteiger partial charge in [0.15, 0.2) is 11.5 Å². The van der Waals surface area contributed by atoms with Crippen LogP contribution in [0.25, 0.3) is 0 Å². The molecule has 2 aromatic carbocycles. The average Bonchev–Trinajstić information content (AvgIpc) is 2.71. The summed E-state index contributed by atoms with van der Waals surface area (Å²) in [6.45, 7) is 7.49. The van der Waals surface area contributed by atoms with E-state index in [9.17, 15) is 4.79 Å². The summed E-state index contributed by atoms with van der Waals surface area (Å²) in [5.74, 6) is 1.48. The summed E-state index contributed by atoms with van der Waals surface area (Å²) >= 11 is 0. The molecule has 5 nitrogen and oxygen atoms in total. The molecule has 1 heterocycles. The minimum Gasteiger partial charge on any atom is -0.486 e. The van der Waals surface area contributed by atoms with Gasteiger partial charge < -0.3 is 19.7 Å². The van der Waals surface area contributed by atoms with Crippen molar-refractivity contribution in [2.75, 3.05) is 33.4 Å². The van der Waals surface area contributed by atoms with Gasteiger partial charge in [-0.15, -0.1) is 0 Å². The van der Waals surface area contributed by atoms with E-state index in [-0.39, 0.29) is 5.91 Å². The molecule has 0 aliphatic carbocycles. The van der Waals surface area contributed by atoms with Crippen LogP contribution in [0.15, 0.2) is 48.5 Å². The third-order valence-corrected chi connectivity index (χ3v) is 5.13. The first kappa shape index (κ1) is 20.2. The van der Waals surface area contributed by atoms with Gasteiger partial charge in [0, 0.05) is 13.1 Å². The van der Waals surface area contributed by atoms with E-state index in [4.69, 9.17) is 9.47 Å². The lowest BCUT2D eigenvalue weighted by molar-refractivity contribution is -0.125. The summed E-state index contributed by atoms with van der Waals surface area (Å²) in [6, 6.07) is 16.2. The van der Waals surface area contributed by atoms with Crippen LogP contribution in [0.1, 0.15) is 31.4 Å². The van der Waals surface area contributed by atoms with E-state index in [1.807, 2.05) is 38.1 Å².